The van der Waals surface area contributed by atoms with E-state index in [-0.39, 0.29) is 12.1 Å². The summed E-state index contributed by atoms with van der Waals surface area (Å²) in [6, 6.07) is 18.6. The average molecular weight is 474 g/mol. The van der Waals surface area contributed by atoms with Gasteiger partial charge in [-0.2, -0.15) is 0 Å². The van der Waals surface area contributed by atoms with Gasteiger partial charge in [-0.1, -0.05) is 18.2 Å². The lowest BCUT2D eigenvalue weighted by Gasteiger charge is -2.23. The maximum Gasteiger partial charge on any atom is 0.322 e. The van der Waals surface area contributed by atoms with Crippen molar-refractivity contribution in [3.63, 3.8) is 0 Å². The first-order valence-electron chi connectivity index (χ1n) is 11.4. The van der Waals surface area contributed by atoms with Crippen LogP contribution in [0, 0.1) is 0 Å². The van der Waals surface area contributed by atoms with E-state index in [1.54, 1.807) is 44.4 Å². The SMILES string of the molecule is COc1ccc(-c2ccc3oc([C@@H]4CCCN4C(=O)Nc4ccc(OC)cc4OC)nc3c2)cc1. The minimum Gasteiger partial charge on any atom is -0.497 e. The number of amides is 2. The summed E-state index contributed by atoms with van der Waals surface area (Å²) in [4.78, 5) is 19.7. The monoisotopic (exact) mass is 473 g/mol. The van der Waals surface area contributed by atoms with E-state index in [2.05, 4.69) is 5.32 Å². The van der Waals surface area contributed by atoms with Crippen LogP contribution in [0.1, 0.15) is 24.8 Å². The van der Waals surface area contributed by atoms with E-state index >= 15 is 0 Å². The van der Waals surface area contributed by atoms with Gasteiger partial charge in [0.2, 0.25) is 5.89 Å². The van der Waals surface area contributed by atoms with Crippen LogP contribution in [0.3, 0.4) is 0 Å². The van der Waals surface area contributed by atoms with Crippen molar-refractivity contribution < 1.29 is 23.4 Å². The molecule has 2 amide bonds. The van der Waals surface area contributed by atoms with E-state index in [9.17, 15) is 4.79 Å². The van der Waals surface area contributed by atoms with Gasteiger partial charge >= 0.3 is 6.03 Å². The Bertz CT molecular complexity index is 1350. The molecule has 1 fully saturated rings. The van der Waals surface area contributed by atoms with Crippen LogP contribution in [-0.4, -0.2) is 43.8 Å². The van der Waals surface area contributed by atoms with Crippen LogP contribution >= 0.6 is 0 Å². The van der Waals surface area contributed by atoms with Crippen molar-refractivity contribution in [1.29, 1.82) is 0 Å². The van der Waals surface area contributed by atoms with Gasteiger partial charge in [0, 0.05) is 12.6 Å². The third-order valence-corrected chi connectivity index (χ3v) is 6.28. The third-order valence-electron chi connectivity index (χ3n) is 6.28. The highest BCUT2D eigenvalue weighted by Crippen LogP contribution is 2.36. The normalized spacial score (nSPS) is 15.3. The van der Waals surface area contributed by atoms with Gasteiger partial charge in [-0.3, -0.25) is 0 Å². The third kappa shape index (κ3) is 4.47. The van der Waals surface area contributed by atoms with Crippen LogP contribution in [0.4, 0.5) is 10.5 Å². The van der Waals surface area contributed by atoms with Gasteiger partial charge in [0.1, 0.15) is 28.8 Å². The molecule has 35 heavy (non-hydrogen) atoms. The fourth-order valence-electron chi connectivity index (χ4n) is 4.41. The Kier molecular flexibility index (Phi) is 6.18. The Morgan fingerprint density at radius 2 is 1.69 bits per heavy atom. The van der Waals surface area contributed by atoms with E-state index in [1.165, 1.54) is 0 Å². The fraction of sp³-hybridized carbons (Fsp3) is 0.259. The summed E-state index contributed by atoms with van der Waals surface area (Å²) >= 11 is 0. The van der Waals surface area contributed by atoms with E-state index in [1.807, 2.05) is 42.5 Å². The molecule has 1 atom stereocenters. The van der Waals surface area contributed by atoms with Gasteiger partial charge in [0.05, 0.1) is 27.0 Å². The molecule has 1 aliphatic heterocycles. The Labute approximate surface area is 203 Å². The molecule has 180 valence electrons. The van der Waals surface area contributed by atoms with Crippen LogP contribution in [0.25, 0.3) is 22.2 Å². The minimum atomic E-state index is -0.240. The maximum absolute atomic E-state index is 13.2. The Morgan fingerprint density at radius 1 is 0.943 bits per heavy atom. The first-order valence-corrected chi connectivity index (χ1v) is 11.4. The number of carbonyl (C=O) groups excluding carboxylic acids is 1. The summed E-state index contributed by atoms with van der Waals surface area (Å²) < 4.78 is 22.0. The van der Waals surface area contributed by atoms with E-state index in [0.29, 0.717) is 35.2 Å². The zero-order valence-electron chi connectivity index (χ0n) is 19.9. The molecule has 0 unspecified atom stereocenters. The Morgan fingerprint density at radius 3 is 2.43 bits per heavy atom. The van der Waals surface area contributed by atoms with Crippen molar-refractivity contribution in [3.8, 4) is 28.4 Å². The number of fused-ring (bicyclic) bond motifs is 1. The van der Waals surface area contributed by atoms with Gasteiger partial charge in [0.25, 0.3) is 0 Å². The zero-order valence-corrected chi connectivity index (χ0v) is 19.9. The molecule has 8 heteroatoms. The van der Waals surface area contributed by atoms with E-state index in [0.717, 1.165) is 35.2 Å². The number of aromatic nitrogens is 1. The number of likely N-dealkylation sites (tertiary alicyclic amines) is 1. The van der Waals surface area contributed by atoms with Crippen LogP contribution in [0.5, 0.6) is 17.2 Å². The molecule has 0 saturated carbocycles. The van der Waals surface area contributed by atoms with Crippen LogP contribution in [-0.2, 0) is 0 Å². The second kappa shape index (κ2) is 9.58. The zero-order chi connectivity index (χ0) is 24.4. The van der Waals surface area contributed by atoms with Gasteiger partial charge in [-0.15, -0.1) is 0 Å². The smallest absolute Gasteiger partial charge is 0.322 e. The predicted octanol–water partition coefficient (Wildman–Crippen LogP) is 5.89. The highest BCUT2D eigenvalue weighted by atomic mass is 16.5. The van der Waals surface area contributed by atoms with Crippen molar-refractivity contribution in [2.24, 2.45) is 0 Å². The number of nitrogens with one attached hydrogen (secondary N) is 1. The summed E-state index contributed by atoms with van der Waals surface area (Å²) in [7, 11) is 4.79. The van der Waals surface area contributed by atoms with E-state index < -0.39 is 0 Å². The number of oxazole rings is 1. The van der Waals surface area contributed by atoms with Crippen molar-refractivity contribution in [2.45, 2.75) is 18.9 Å². The second-order valence-corrected chi connectivity index (χ2v) is 8.31. The lowest BCUT2D eigenvalue weighted by atomic mass is 10.1. The van der Waals surface area contributed by atoms with Crippen molar-refractivity contribution in [2.75, 3.05) is 33.2 Å². The molecule has 1 aliphatic rings. The lowest BCUT2D eigenvalue weighted by molar-refractivity contribution is 0.198. The minimum absolute atomic E-state index is 0.225. The number of ether oxygens (including phenoxy) is 3. The summed E-state index contributed by atoms with van der Waals surface area (Å²) in [6.45, 7) is 0.616. The summed E-state index contributed by atoms with van der Waals surface area (Å²) in [5.41, 5.74) is 4.13. The molecule has 5 rings (SSSR count). The molecule has 0 spiro atoms. The van der Waals surface area contributed by atoms with Gasteiger partial charge in [-0.25, -0.2) is 9.78 Å². The number of carbonyl (C=O) groups is 1. The van der Waals surface area contributed by atoms with Crippen LogP contribution < -0.4 is 19.5 Å². The second-order valence-electron chi connectivity index (χ2n) is 8.31. The van der Waals surface area contributed by atoms with Crippen LogP contribution in [0.15, 0.2) is 65.1 Å². The number of anilines is 1. The molecule has 4 aromatic rings. The molecular formula is C27H27N3O5. The Hall–Kier alpha value is -4.20. The Balaban J connectivity index is 1.37. The number of methoxy groups -OCH3 is 3. The summed E-state index contributed by atoms with van der Waals surface area (Å²) in [5.74, 6) is 2.53. The highest BCUT2D eigenvalue weighted by molar-refractivity contribution is 5.91. The van der Waals surface area contributed by atoms with Gasteiger partial charge < -0.3 is 28.8 Å². The number of hydrogen-bond acceptors (Lipinski definition) is 6. The van der Waals surface area contributed by atoms with Gasteiger partial charge in [-0.05, 0) is 60.4 Å². The quantitative estimate of drug-likeness (QED) is 0.376. The summed E-state index contributed by atoms with van der Waals surface area (Å²) in [6.07, 6.45) is 1.65. The standard InChI is InChI=1S/C27H27N3O5/c1-32-19-9-6-17(7-10-19)18-8-13-24-22(15-18)28-26(35-24)23-5-4-14-30(23)27(31)29-21-12-11-20(33-2)16-25(21)34-3/h6-13,15-16,23H,4-5,14H2,1-3H3,(H,29,31)/t23-/m0/s1. The molecule has 0 aliphatic carbocycles. The average Bonchev–Trinajstić information content (AvgIpc) is 3.55. The molecular weight excluding hydrogens is 446 g/mol. The van der Waals surface area contributed by atoms with Gasteiger partial charge in [0.15, 0.2) is 5.58 Å². The first-order chi connectivity index (χ1) is 17.1. The van der Waals surface area contributed by atoms with Crippen molar-refractivity contribution in [1.82, 2.24) is 9.88 Å². The first kappa shape index (κ1) is 22.6. The maximum atomic E-state index is 13.2. The van der Waals surface area contributed by atoms with Crippen LogP contribution in [0.2, 0.25) is 0 Å². The largest absolute Gasteiger partial charge is 0.497 e. The topological polar surface area (TPSA) is 86.1 Å². The number of rotatable bonds is 6. The van der Waals surface area contributed by atoms with E-state index in [4.69, 9.17) is 23.6 Å². The predicted molar refractivity (Wildman–Crippen MR) is 133 cm³/mol. The number of urea groups is 1. The molecule has 1 aromatic heterocycles. The number of hydrogen-bond donors (Lipinski definition) is 1. The molecule has 8 nitrogen and oxygen atoms in total. The fourth-order valence-corrected chi connectivity index (χ4v) is 4.41. The van der Waals surface area contributed by atoms with Crippen molar-refractivity contribution in [3.05, 3.63) is 66.6 Å². The number of benzene rings is 3. The molecule has 1 N–H and O–H groups in total. The van der Waals surface area contributed by atoms with Crippen molar-refractivity contribution >= 4 is 22.8 Å². The molecule has 2 heterocycles. The number of nitrogens with zero attached hydrogens (tertiary/aromatic N) is 2. The molecule has 0 bridgehead atoms. The molecule has 3 aromatic carbocycles. The highest BCUT2D eigenvalue weighted by Gasteiger charge is 2.34. The molecule has 1 saturated heterocycles. The summed E-state index contributed by atoms with van der Waals surface area (Å²) in [5, 5.41) is 2.95. The lowest BCUT2D eigenvalue weighted by Crippen LogP contribution is -2.34. The molecule has 0 radical (unpaired) electrons.